The van der Waals surface area contributed by atoms with Crippen molar-refractivity contribution < 1.29 is 0 Å². The van der Waals surface area contributed by atoms with E-state index in [2.05, 4.69) is 20.8 Å². The minimum atomic E-state index is 0.574. The van der Waals surface area contributed by atoms with Gasteiger partial charge in [-0.1, -0.05) is 20.8 Å². The summed E-state index contributed by atoms with van der Waals surface area (Å²) in [5.41, 5.74) is 6.28. The first-order valence-electron chi connectivity index (χ1n) is 4.79. The van der Waals surface area contributed by atoms with E-state index in [0.29, 0.717) is 5.41 Å². The Kier molecular flexibility index (Phi) is 1.39. The summed E-state index contributed by atoms with van der Waals surface area (Å²) in [6, 6.07) is 0. The third kappa shape index (κ3) is 0.936. The Bertz CT molecular complexity index is 174. The molecule has 0 aliphatic heterocycles. The monoisotopic (exact) mass is 153 g/mol. The Balaban J connectivity index is 1.98. The molecular formula is C10H19N. The first kappa shape index (κ1) is 7.60. The fourth-order valence-corrected chi connectivity index (χ4v) is 2.94. The molecule has 0 spiro atoms. The van der Waals surface area contributed by atoms with Crippen LogP contribution in [0.3, 0.4) is 0 Å². The predicted octanol–water partition coefficient (Wildman–Crippen LogP) is 1.87. The van der Waals surface area contributed by atoms with Crippen molar-refractivity contribution in [2.45, 2.75) is 27.2 Å². The van der Waals surface area contributed by atoms with Crippen LogP contribution in [-0.2, 0) is 0 Å². The van der Waals surface area contributed by atoms with Crippen LogP contribution in [0.15, 0.2) is 0 Å². The molecule has 0 aromatic carbocycles. The van der Waals surface area contributed by atoms with Gasteiger partial charge in [-0.15, -0.1) is 0 Å². The molecule has 0 saturated heterocycles. The minimum Gasteiger partial charge on any atom is -0.330 e. The maximum absolute atomic E-state index is 5.71. The maximum atomic E-state index is 5.71. The molecule has 0 heterocycles. The molecule has 0 radical (unpaired) electrons. The van der Waals surface area contributed by atoms with Gasteiger partial charge in [0.1, 0.15) is 0 Å². The first-order valence-corrected chi connectivity index (χ1v) is 4.79. The largest absolute Gasteiger partial charge is 0.330 e. The van der Waals surface area contributed by atoms with Crippen LogP contribution < -0.4 is 5.73 Å². The van der Waals surface area contributed by atoms with Crippen LogP contribution in [0.4, 0.5) is 0 Å². The van der Waals surface area contributed by atoms with E-state index in [1.54, 1.807) is 0 Å². The number of rotatable bonds is 2. The third-order valence-electron chi connectivity index (χ3n) is 4.03. The molecule has 0 amide bonds. The topological polar surface area (TPSA) is 26.0 Å². The molecule has 11 heavy (non-hydrogen) atoms. The number of nitrogens with two attached hydrogens (primary N) is 1. The molecule has 2 N–H and O–H groups in total. The van der Waals surface area contributed by atoms with Crippen LogP contribution in [0.2, 0.25) is 0 Å². The summed E-state index contributed by atoms with van der Waals surface area (Å²) in [6.45, 7) is 8.02. The normalized spacial score (nSPS) is 52.4. The molecule has 2 aliphatic rings. The third-order valence-corrected chi connectivity index (χ3v) is 4.03. The van der Waals surface area contributed by atoms with Crippen molar-refractivity contribution >= 4 is 0 Å². The molecule has 64 valence electrons. The molecule has 0 aromatic heterocycles. The van der Waals surface area contributed by atoms with E-state index in [4.69, 9.17) is 5.73 Å². The van der Waals surface area contributed by atoms with Crippen LogP contribution >= 0.6 is 0 Å². The van der Waals surface area contributed by atoms with Gasteiger partial charge in [-0.25, -0.2) is 0 Å². The van der Waals surface area contributed by atoms with E-state index in [1.807, 2.05) is 0 Å². The summed E-state index contributed by atoms with van der Waals surface area (Å²) in [7, 11) is 0. The molecule has 4 atom stereocenters. The van der Waals surface area contributed by atoms with Crippen LogP contribution in [0.25, 0.3) is 0 Å². The maximum Gasteiger partial charge on any atom is -0.00407 e. The Labute approximate surface area is 69.4 Å². The highest BCUT2D eigenvalue weighted by Gasteiger charge is 2.63. The first-order chi connectivity index (χ1) is 5.09. The fourth-order valence-electron chi connectivity index (χ4n) is 2.94. The Hall–Kier alpha value is -0.0400. The van der Waals surface area contributed by atoms with E-state index in [1.165, 1.54) is 6.42 Å². The standard InChI is InChI=1S/C10H19N/c1-6-4-7(6)9-8(5-11)10(9,2)3/h6-9H,4-5,11H2,1-3H3. The van der Waals surface area contributed by atoms with Gasteiger partial charge >= 0.3 is 0 Å². The summed E-state index contributed by atoms with van der Waals surface area (Å²) in [5, 5.41) is 0. The minimum absolute atomic E-state index is 0.574. The Morgan fingerprint density at radius 3 is 2.27 bits per heavy atom. The SMILES string of the molecule is CC1CC1C1C(CN)C1(C)C. The lowest BCUT2D eigenvalue weighted by atomic mass is 10.1. The van der Waals surface area contributed by atoms with Crippen LogP contribution in [0.5, 0.6) is 0 Å². The van der Waals surface area contributed by atoms with E-state index in [-0.39, 0.29) is 0 Å². The second kappa shape index (κ2) is 2.01. The lowest BCUT2D eigenvalue weighted by molar-refractivity contribution is 0.498. The van der Waals surface area contributed by atoms with E-state index >= 15 is 0 Å². The highest BCUT2D eigenvalue weighted by atomic mass is 14.7. The molecule has 4 unspecified atom stereocenters. The van der Waals surface area contributed by atoms with Crippen molar-refractivity contribution in [2.75, 3.05) is 6.54 Å². The number of hydrogen-bond acceptors (Lipinski definition) is 1. The van der Waals surface area contributed by atoms with Crippen molar-refractivity contribution in [1.82, 2.24) is 0 Å². The smallest absolute Gasteiger partial charge is 0.00407 e. The van der Waals surface area contributed by atoms with Crippen molar-refractivity contribution in [2.24, 2.45) is 34.8 Å². The Morgan fingerprint density at radius 1 is 1.45 bits per heavy atom. The number of hydrogen-bond donors (Lipinski definition) is 1. The van der Waals surface area contributed by atoms with E-state index < -0.39 is 0 Å². The predicted molar refractivity (Wildman–Crippen MR) is 47.1 cm³/mol. The Morgan fingerprint density at radius 2 is 2.00 bits per heavy atom. The molecule has 0 aromatic rings. The molecule has 1 heteroatoms. The van der Waals surface area contributed by atoms with Gasteiger partial charge in [0, 0.05) is 0 Å². The van der Waals surface area contributed by atoms with Crippen LogP contribution in [0, 0.1) is 29.1 Å². The molecule has 2 saturated carbocycles. The zero-order chi connectivity index (χ0) is 8.22. The average molecular weight is 153 g/mol. The lowest BCUT2D eigenvalue weighted by Crippen LogP contribution is -2.05. The second-order valence-electron chi connectivity index (χ2n) is 5.07. The quantitative estimate of drug-likeness (QED) is 0.644. The van der Waals surface area contributed by atoms with Crippen LogP contribution in [-0.4, -0.2) is 6.54 Å². The highest BCUT2D eigenvalue weighted by molar-refractivity contribution is 5.12. The zero-order valence-corrected chi connectivity index (χ0v) is 7.80. The van der Waals surface area contributed by atoms with Gasteiger partial charge in [-0.05, 0) is 42.1 Å². The summed E-state index contributed by atoms with van der Waals surface area (Å²) in [5.74, 6) is 3.81. The van der Waals surface area contributed by atoms with Crippen molar-refractivity contribution in [3.8, 4) is 0 Å². The molecule has 2 fully saturated rings. The summed E-state index contributed by atoms with van der Waals surface area (Å²) < 4.78 is 0. The van der Waals surface area contributed by atoms with Crippen LogP contribution in [0.1, 0.15) is 27.2 Å². The summed E-state index contributed by atoms with van der Waals surface area (Å²) in [6.07, 6.45) is 1.46. The molecule has 2 rings (SSSR count). The van der Waals surface area contributed by atoms with Crippen molar-refractivity contribution in [3.63, 3.8) is 0 Å². The molecule has 0 bridgehead atoms. The summed E-state index contributed by atoms with van der Waals surface area (Å²) in [4.78, 5) is 0. The average Bonchev–Trinajstić information content (AvgIpc) is 2.71. The molecule has 2 aliphatic carbocycles. The van der Waals surface area contributed by atoms with Gasteiger partial charge in [-0.3, -0.25) is 0 Å². The van der Waals surface area contributed by atoms with E-state index in [0.717, 1.165) is 30.2 Å². The zero-order valence-electron chi connectivity index (χ0n) is 7.80. The van der Waals surface area contributed by atoms with Crippen molar-refractivity contribution in [1.29, 1.82) is 0 Å². The van der Waals surface area contributed by atoms with Gasteiger partial charge in [0.2, 0.25) is 0 Å². The van der Waals surface area contributed by atoms with E-state index in [9.17, 15) is 0 Å². The van der Waals surface area contributed by atoms with Gasteiger partial charge in [0.05, 0.1) is 0 Å². The summed E-state index contributed by atoms with van der Waals surface area (Å²) >= 11 is 0. The van der Waals surface area contributed by atoms with Gasteiger partial charge in [0.15, 0.2) is 0 Å². The molecule has 1 nitrogen and oxygen atoms in total. The molecular weight excluding hydrogens is 134 g/mol. The van der Waals surface area contributed by atoms with Gasteiger partial charge < -0.3 is 5.73 Å². The second-order valence-corrected chi connectivity index (χ2v) is 5.07. The fraction of sp³-hybridized carbons (Fsp3) is 1.00. The lowest BCUT2D eigenvalue weighted by Gasteiger charge is -1.99. The van der Waals surface area contributed by atoms with Crippen molar-refractivity contribution in [3.05, 3.63) is 0 Å². The highest BCUT2D eigenvalue weighted by Crippen LogP contribution is 2.68. The van der Waals surface area contributed by atoms with Gasteiger partial charge in [-0.2, -0.15) is 0 Å². The van der Waals surface area contributed by atoms with Gasteiger partial charge in [0.25, 0.3) is 0 Å².